The van der Waals surface area contributed by atoms with E-state index >= 15 is 0 Å². The lowest BCUT2D eigenvalue weighted by Crippen LogP contribution is -2.28. The molecule has 2 N–H and O–H groups in total. The summed E-state index contributed by atoms with van der Waals surface area (Å²) in [5.74, 6) is 0. The molecule has 2 aromatic rings. The molecule has 1 aromatic heterocycles. The number of nitrogens with one attached hydrogen (secondary N) is 2. The number of para-hydroxylation sites is 1. The maximum Gasteiger partial charge on any atom is 0.0931 e. The highest BCUT2D eigenvalue weighted by molar-refractivity contribution is 5.77. The van der Waals surface area contributed by atoms with Gasteiger partial charge in [0, 0.05) is 38.1 Å². The van der Waals surface area contributed by atoms with Crippen LogP contribution in [0.2, 0.25) is 0 Å². The molecule has 0 amide bonds. The number of hydrogen-bond donors (Lipinski definition) is 2. The standard InChI is InChI=1S/C14H18N4/c1-2-11(10-15-6-7-16-12-4-5-12)14-13(3-1)17-8-9-18-14/h1-3,8-9,12,15-16H,4-7,10H2. The van der Waals surface area contributed by atoms with Crippen molar-refractivity contribution < 1.29 is 0 Å². The van der Waals surface area contributed by atoms with Gasteiger partial charge in [0.1, 0.15) is 0 Å². The molecule has 1 fully saturated rings. The number of rotatable bonds is 6. The van der Waals surface area contributed by atoms with Gasteiger partial charge in [-0.05, 0) is 24.5 Å². The Balaban J connectivity index is 1.56. The molecule has 0 unspecified atom stereocenters. The summed E-state index contributed by atoms with van der Waals surface area (Å²) in [4.78, 5) is 8.72. The van der Waals surface area contributed by atoms with Crippen LogP contribution >= 0.6 is 0 Å². The molecule has 1 aliphatic rings. The van der Waals surface area contributed by atoms with Crippen molar-refractivity contribution in [2.75, 3.05) is 13.1 Å². The molecule has 0 bridgehead atoms. The van der Waals surface area contributed by atoms with Gasteiger partial charge in [0.25, 0.3) is 0 Å². The van der Waals surface area contributed by atoms with Gasteiger partial charge < -0.3 is 10.6 Å². The number of fused-ring (bicyclic) bond motifs is 1. The van der Waals surface area contributed by atoms with Gasteiger partial charge in [0.15, 0.2) is 0 Å². The smallest absolute Gasteiger partial charge is 0.0931 e. The fourth-order valence-electron chi connectivity index (χ4n) is 2.07. The second kappa shape index (κ2) is 5.42. The first-order valence-corrected chi connectivity index (χ1v) is 6.56. The van der Waals surface area contributed by atoms with Gasteiger partial charge in [-0.2, -0.15) is 0 Å². The first-order chi connectivity index (χ1) is 8.93. The summed E-state index contributed by atoms with van der Waals surface area (Å²) < 4.78 is 0. The molecule has 18 heavy (non-hydrogen) atoms. The average molecular weight is 242 g/mol. The summed E-state index contributed by atoms with van der Waals surface area (Å²) in [5.41, 5.74) is 3.18. The molecule has 94 valence electrons. The third-order valence-corrected chi connectivity index (χ3v) is 3.21. The van der Waals surface area contributed by atoms with Gasteiger partial charge in [-0.1, -0.05) is 12.1 Å². The third kappa shape index (κ3) is 2.83. The molecule has 1 heterocycles. The molecule has 1 saturated carbocycles. The van der Waals surface area contributed by atoms with Crippen molar-refractivity contribution in [2.45, 2.75) is 25.4 Å². The molecule has 1 aromatic carbocycles. The summed E-state index contributed by atoms with van der Waals surface area (Å²) >= 11 is 0. The molecule has 0 aliphatic heterocycles. The molecule has 3 rings (SSSR count). The number of nitrogens with zero attached hydrogens (tertiary/aromatic N) is 2. The number of aromatic nitrogens is 2. The van der Waals surface area contributed by atoms with E-state index in [1.165, 1.54) is 18.4 Å². The van der Waals surface area contributed by atoms with E-state index in [4.69, 9.17) is 0 Å². The highest BCUT2D eigenvalue weighted by atomic mass is 15.0. The zero-order valence-electron chi connectivity index (χ0n) is 10.4. The van der Waals surface area contributed by atoms with E-state index in [1.54, 1.807) is 12.4 Å². The molecular weight excluding hydrogens is 224 g/mol. The van der Waals surface area contributed by atoms with Crippen molar-refractivity contribution >= 4 is 11.0 Å². The monoisotopic (exact) mass is 242 g/mol. The second-order valence-corrected chi connectivity index (χ2v) is 4.75. The zero-order chi connectivity index (χ0) is 12.2. The summed E-state index contributed by atoms with van der Waals surface area (Å²) in [6.45, 7) is 2.89. The zero-order valence-corrected chi connectivity index (χ0v) is 10.4. The van der Waals surface area contributed by atoms with Crippen LogP contribution in [0.5, 0.6) is 0 Å². The normalized spacial score (nSPS) is 15.1. The largest absolute Gasteiger partial charge is 0.313 e. The molecule has 4 heteroatoms. The summed E-state index contributed by atoms with van der Waals surface area (Å²) in [6.07, 6.45) is 6.18. The van der Waals surface area contributed by atoms with E-state index in [0.717, 1.165) is 36.7 Å². The first kappa shape index (κ1) is 11.6. The first-order valence-electron chi connectivity index (χ1n) is 6.56. The summed E-state index contributed by atoms with van der Waals surface area (Å²) in [6, 6.07) is 6.94. The van der Waals surface area contributed by atoms with Crippen molar-refractivity contribution in [2.24, 2.45) is 0 Å². The maximum absolute atomic E-state index is 4.40. The van der Waals surface area contributed by atoms with E-state index in [2.05, 4.69) is 26.7 Å². The van der Waals surface area contributed by atoms with E-state index in [0.29, 0.717) is 0 Å². The van der Waals surface area contributed by atoms with Crippen LogP contribution in [0.1, 0.15) is 18.4 Å². The Morgan fingerprint density at radius 1 is 1.11 bits per heavy atom. The van der Waals surface area contributed by atoms with E-state index < -0.39 is 0 Å². The van der Waals surface area contributed by atoms with Crippen molar-refractivity contribution in [3.05, 3.63) is 36.2 Å². The fraction of sp³-hybridized carbons (Fsp3) is 0.429. The van der Waals surface area contributed by atoms with Gasteiger partial charge in [0.2, 0.25) is 0 Å². The van der Waals surface area contributed by atoms with Gasteiger partial charge in [-0.3, -0.25) is 9.97 Å². The van der Waals surface area contributed by atoms with Gasteiger partial charge in [-0.15, -0.1) is 0 Å². The van der Waals surface area contributed by atoms with Crippen LogP contribution in [0.15, 0.2) is 30.6 Å². The summed E-state index contributed by atoms with van der Waals surface area (Å²) in [5, 5.41) is 6.94. The SMILES string of the molecule is c1cc(CNCCNC2CC2)c2nccnc2c1. The third-order valence-electron chi connectivity index (χ3n) is 3.21. The minimum Gasteiger partial charge on any atom is -0.313 e. The highest BCUT2D eigenvalue weighted by Gasteiger charge is 2.19. The van der Waals surface area contributed by atoms with Crippen molar-refractivity contribution in [1.29, 1.82) is 0 Å². The number of hydrogen-bond acceptors (Lipinski definition) is 4. The lowest BCUT2D eigenvalue weighted by atomic mass is 10.1. The lowest BCUT2D eigenvalue weighted by molar-refractivity contribution is 0.609. The predicted octanol–water partition coefficient (Wildman–Crippen LogP) is 1.47. The Labute approximate surface area is 107 Å². The second-order valence-electron chi connectivity index (χ2n) is 4.75. The molecular formula is C14H18N4. The van der Waals surface area contributed by atoms with Crippen LogP contribution in [0, 0.1) is 0 Å². The van der Waals surface area contributed by atoms with Crippen molar-refractivity contribution in [1.82, 2.24) is 20.6 Å². The van der Waals surface area contributed by atoms with Gasteiger partial charge in [-0.25, -0.2) is 0 Å². The lowest BCUT2D eigenvalue weighted by Gasteiger charge is -2.07. The van der Waals surface area contributed by atoms with Crippen molar-refractivity contribution in [3.63, 3.8) is 0 Å². The highest BCUT2D eigenvalue weighted by Crippen LogP contribution is 2.17. The van der Waals surface area contributed by atoms with Gasteiger partial charge >= 0.3 is 0 Å². The van der Waals surface area contributed by atoms with E-state index in [9.17, 15) is 0 Å². The Hall–Kier alpha value is -1.52. The van der Waals surface area contributed by atoms with Crippen LogP contribution in [0.25, 0.3) is 11.0 Å². The Morgan fingerprint density at radius 2 is 2.00 bits per heavy atom. The van der Waals surface area contributed by atoms with E-state index in [1.807, 2.05) is 12.1 Å². The molecule has 0 radical (unpaired) electrons. The number of benzene rings is 1. The van der Waals surface area contributed by atoms with Crippen LogP contribution < -0.4 is 10.6 Å². The Bertz CT molecular complexity index is 517. The molecule has 0 atom stereocenters. The van der Waals surface area contributed by atoms with Gasteiger partial charge in [0.05, 0.1) is 11.0 Å². The summed E-state index contributed by atoms with van der Waals surface area (Å²) in [7, 11) is 0. The minimum atomic E-state index is 0.787. The van der Waals surface area contributed by atoms with Crippen LogP contribution in [0.4, 0.5) is 0 Å². The molecule has 4 nitrogen and oxygen atoms in total. The quantitative estimate of drug-likeness (QED) is 0.753. The van der Waals surface area contributed by atoms with Crippen LogP contribution in [0.3, 0.4) is 0 Å². The van der Waals surface area contributed by atoms with Crippen LogP contribution in [-0.4, -0.2) is 29.1 Å². The minimum absolute atomic E-state index is 0.787. The maximum atomic E-state index is 4.40. The Morgan fingerprint density at radius 3 is 2.89 bits per heavy atom. The van der Waals surface area contributed by atoms with Crippen molar-refractivity contribution in [3.8, 4) is 0 Å². The Kier molecular flexibility index (Phi) is 3.48. The van der Waals surface area contributed by atoms with E-state index in [-0.39, 0.29) is 0 Å². The molecule has 1 aliphatic carbocycles. The molecule has 0 saturated heterocycles. The topological polar surface area (TPSA) is 49.8 Å². The fourth-order valence-corrected chi connectivity index (χ4v) is 2.07. The van der Waals surface area contributed by atoms with Crippen LogP contribution in [-0.2, 0) is 6.54 Å². The molecule has 0 spiro atoms. The predicted molar refractivity (Wildman–Crippen MR) is 72.3 cm³/mol. The average Bonchev–Trinajstić information content (AvgIpc) is 3.23.